The molecule has 0 aromatic heterocycles. The second kappa shape index (κ2) is 5.35. The van der Waals surface area contributed by atoms with Crippen molar-refractivity contribution in [3.05, 3.63) is 34.9 Å². The van der Waals surface area contributed by atoms with E-state index in [0.29, 0.717) is 5.56 Å². The van der Waals surface area contributed by atoms with Gasteiger partial charge in [0, 0.05) is 12.0 Å². The zero-order chi connectivity index (χ0) is 11.4. The fourth-order valence-electron chi connectivity index (χ4n) is 1.40. The van der Waals surface area contributed by atoms with Crippen LogP contribution in [0.2, 0.25) is 0 Å². The molecule has 1 nitrogen and oxygen atoms in total. The second-order valence-electron chi connectivity index (χ2n) is 3.40. The van der Waals surface area contributed by atoms with E-state index in [9.17, 15) is 13.6 Å². The molecule has 0 aliphatic carbocycles. The monoisotopic (exact) mass is 276 g/mol. The Labute approximate surface area is 95.6 Å². The summed E-state index contributed by atoms with van der Waals surface area (Å²) >= 11 is 3.04. The fourth-order valence-corrected chi connectivity index (χ4v) is 1.60. The first-order chi connectivity index (χ1) is 7.02. The molecule has 0 heterocycles. The Morgan fingerprint density at radius 3 is 2.60 bits per heavy atom. The standard InChI is InChI=1S/C11H11BrF2O/c1-7-2-8(5-10(15)6-12)4-9(3-7)11(13)14/h2-4,11H,5-6H2,1H3. The Bertz CT molecular complexity index is 364. The summed E-state index contributed by atoms with van der Waals surface area (Å²) in [5.74, 6) is -0.0131. The minimum absolute atomic E-state index is 0.0131. The van der Waals surface area contributed by atoms with Crippen molar-refractivity contribution in [3.63, 3.8) is 0 Å². The Hall–Kier alpha value is -0.770. The molecular weight excluding hydrogens is 266 g/mol. The first kappa shape index (κ1) is 12.3. The highest BCUT2D eigenvalue weighted by atomic mass is 79.9. The number of carbonyl (C=O) groups excluding carboxylic acids is 1. The highest BCUT2D eigenvalue weighted by Gasteiger charge is 2.10. The van der Waals surface area contributed by atoms with Gasteiger partial charge in [-0.2, -0.15) is 0 Å². The summed E-state index contributed by atoms with van der Waals surface area (Å²) in [6.45, 7) is 1.74. The Balaban J connectivity index is 2.93. The van der Waals surface area contributed by atoms with Crippen LogP contribution in [-0.4, -0.2) is 11.1 Å². The molecule has 0 saturated heterocycles. The van der Waals surface area contributed by atoms with Crippen molar-refractivity contribution in [1.82, 2.24) is 0 Å². The van der Waals surface area contributed by atoms with Gasteiger partial charge in [0.1, 0.15) is 5.78 Å². The number of rotatable bonds is 4. The number of benzene rings is 1. The van der Waals surface area contributed by atoms with E-state index in [-0.39, 0.29) is 23.1 Å². The van der Waals surface area contributed by atoms with E-state index in [1.54, 1.807) is 13.0 Å². The van der Waals surface area contributed by atoms with Gasteiger partial charge >= 0.3 is 0 Å². The molecule has 0 fully saturated rings. The van der Waals surface area contributed by atoms with Gasteiger partial charge in [0.25, 0.3) is 6.43 Å². The molecule has 0 N–H and O–H groups in total. The van der Waals surface area contributed by atoms with Crippen molar-refractivity contribution in [2.45, 2.75) is 19.8 Å². The van der Waals surface area contributed by atoms with Crippen LogP contribution in [0, 0.1) is 6.92 Å². The molecule has 1 aromatic rings. The molecule has 0 aliphatic rings. The van der Waals surface area contributed by atoms with Gasteiger partial charge in [0.05, 0.1) is 5.33 Å². The smallest absolute Gasteiger partial charge is 0.263 e. The van der Waals surface area contributed by atoms with Gasteiger partial charge in [-0.15, -0.1) is 0 Å². The maximum Gasteiger partial charge on any atom is 0.263 e. The minimum Gasteiger partial charge on any atom is -0.298 e. The summed E-state index contributed by atoms with van der Waals surface area (Å²) in [7, 11) is 0. The summed E-state index contributed by atoms with van der Waals surface area (Å²) in [6.07, 6.45) is -2.28. The average Bonchev–Trinajstić information content (AvgIpc) is 2.16. The largest absolute Gasteiger partial charge is 0.298 e. The second-order valence-corrected chi connectivity index (χ2v) is 3.96. The quantitative estimate of drug-likeness (QED) is 0.770. The molecular formula is C11H11BrF2O. The third-order valence-electron chi connectivity index (χ3n) is 1.96. The van der Waals surface area contributed by atoms with Crippen molar-refractivity contribution < 1.29 is 13.6 Å². The number of Topliss-reactive ketones (excluding diaryl/α,β-unsaturated/α-hetero) is 1. The number of alkyl halides is 3. The molecule has 15 heavy (non-hydrogen) atoms. The van der Waals surface area contributed by atoms with Crippen molar-refractivity contribution >= 4 is 21.7 Å². The van der Waals surface area contributed by atoms with Crippen molar-refractivity contribution in [3.8, 4) is 0 Å². The van der Waals surface area contributed by atoms with Crippen LogP contribution in [0.3, 0.4) is 0 Å². The van der Waals surface area contributed by atoms with Crippen molar-refractivity contribution in [2.24, 2.45) is 0 Å². The number of ketones is 1. The van der Waals surface area contributed by atoms with Crippen molar-refractivity contribution in [2.75, 3.05) is 5.33 Å². The Morgan fingerprint density at radius 2 is 2.07 bits per heavy atom. The SMILES string of the molecule is Cc1cc(CC(=O)CBr)cc(C(F)F)c1. The molecule has 0 radical (unpaired) electrons. The fraction of sp³-hybridized carbons (Fsp3) is 0.364. The lowest BCUT2D eigenvalue weighted by molar-refractivity contribution is -0.115. The van der Waals surface area contributed by atoms with Gasteiger partial charge in [0.15, 0.2) is 0 Å². The summed E-state index contributed by atoms with van der Waals surface area (Å²) < 4.78 is 24.9. The van der Waals surface area contributed by atoms with Crippen LogP contribution in [0.4, 0.5) is 8.78 Å². The average molecular weight is 277 g/mol. The predicted octanol–water partition coefficient (Wildman–Crippen LogP) is 3.44. The molecule has 4 heteroatoms. The van der Waals surface area contributed by atoms with Gasteiger partial charge in [-0.3, -0.25) is 4.79 Å². The highest BCUT2D eigenvalue weighted by molar-refractivity contribution is 9.09. The number of carbonyl (C=O) groups is 1. The number of halogens is 3. The summed E-state index contributed by atoms with van der Waals surface area (Å²) in [5.41, 5.74) is 1.38. The van der Waals surface area contributed by atoms with E-state index in [1.165, 1.54) is 12.1 Å². The molecule has 0 saturated carbocycles. The van der Waals surface area contributed by atoms with Crippen LogP contribution in [-0.2, 0) is 11.2 Å². The summed E-state index contributed by atoms with van der Waals surface area (Å²) in [5, 5.41) is 0.255. The number of aryl methyl sites for hydroxylation is 1. The summed E-state index contributed by atoms with van der Waals surface area (Å²) in [6, 6.07) is 4.58. The molecule has 1 rings (SSSR count). The van der Waals surface area contributed by atoms with Gasteiger partial charge in [-0.25, -0.2) is 8.78 Å². The van der Waals surface area contributed by atoms with Gasteiger partial charge in [-0.1, -0.05) is 33.6 Å². The van der Waals surface area contributed by atoms with Gasteiger partial charge in [0.2, 0.25) is 0 Å². The van der Waals surface area contributed by atoms with E-state index >= 15 is 0 Å². The molecule has 0 bridgehead atoms. The van der Waals surface area contributed by atoms with Crippen LogP contribution in [0.1, 0.15) is 23.1 Å². The van der Waals surface area contributed by atoms with Crippen molar-refractivity contribution in [1.29, 1.82) is 0 Å². The van der Waals surface area contributed by atoms with E-state index in [2.05, 4.69) is 15.9 Å². The Kier molecular flexibility index (Phi) is 4.39. The van der Waals surface area contributed by atoms with Crippen LogP contribution >= 0.6 is 15.9 Å². The molecule has 0 amide bonds. The lowest BCUT2D eigenvalue weighted by atomic mass is 10.0. The van der Waals surface area contributed by atoms with Gasteiger partial charge in [-0.05, 0) is 18.6 Å². The third-order valence-corrected chi connectivity index (χ3v) is 2.59. The van der Waals surface area contributed by atoms with E-state index in [4.69, 9.17) is 0 Å². The molecule has 0 unspecified atom stereocenters. The third kappa shape index (κ3) is 3.70. The predicted molar refractivity (Wildman–Crippen MR) is 58.6 cm³/mol. The topological polar surface area (TPSA) is 17.1 Å². The van der Waals surface area contributed by atoms with E-state index in [1.807, 2.05) is 0 Å². The maximum atomic E-state index is 12.5. The van der Waals surface area contributed by atoms with Crippen LogP contribution < -0.4 is 0 Å². The Morgan fingerprint density at radius 1 is 1.40 bits per heavy atom. The minimum atomic E-state index is -2.48. The van der Waals surface area contributed by atoms with Crippen LogP contribution in [0.25, 0.3) is 0 Å². The van der Waals surface area contributed by atoms with Crippen LogP contribution in [0.5, 0.6) is 0 Å². The highest BCUT2D eigenvalue weighted by Crippen LogP contribution is 2.21. The number of hydrogen-bond acceptors (Lipinski definition) is 1. The molecule has 0 atom stereocenters. The maximum absolute atomic E-state index is 12.5. The first-order valence-electron chi connectivity index (χ1n) is 4.49. The van der Waals surface area contributed by atoms with E-state index in [0.717, 1.165) is 5.56 Å². The van der Waals surface area contributed by atoms with E-state index < -0.39 is 6.43 Å². The number of hydrogen-bond donors (Lipinski definition) is 0. The lowest BCUT2D eigenvalue weighted by Gasteiger charge is -2.05. The molecule has 82 valence electrons. The normalized spacial score (nSPS) is 10.7. The van der Waals surface area contributed by atoms with Crippen LogP contribution in [0.15, 0.2) is 18.2 Å². The first-order valence-corrected chi connectivity index (χ1v) is 5.61. The molecule has 1 aromatic carbocycles. The summed E-state index contributed by atoms with van der Waals surface area (Å²) in [4.78, 5) is 11.1. The lowest BCUT2D eigenvalue weighted by Crippen LogP contribution is -2.04. The molecule has 0 aliphatic heterocycles. The zero-order valence-corrected chi connectivity index (χ0v) is 9.85. The van der Waals surface area contributed by atoms with Gasteiger partial charge < -0.3 is 0 Å². The molecule has 0 spiro atoms. The zero-order valence-electron chi connectivity index (χ0n) is 8.27.